The Morgan fingerprint density at radius 3 is 2.50 bits per heavy atom. The highest BCUT2D eigenvalue weighted by molar-refractivity contribution is 5.64. The van der Waals surface area contributed by atoms with Gasteiger partial charge in [0.25, 0.3) is 0 Å². The van der Waals surface area contributed by atoms with Crippen molar-refractivity contribution in [3.8, 4) is 17.0 Å². The molecule has 0 spiro atoms. The lowest BCUT2D eigenvalue weighted by atomic mass is 10.2. The maximum absolute atomic E-state index is 12.2. The molecular weight excluding hydrogens is 416 g/mol. The summed E-state index contributed by atoms with van der Waals surface area (Å²) in [6.07, 6.45) is 8.89. The van der Waals surface area contributed by atoms with Crippen LogP contribution in [0.4, 0.5) is 20.5 Å². The van der Waals surface area contributed by atoms with Crippen molar-refractivity contribution in [3.63, 3.8) is 0 Å². The van der Waals surface area contributed by atoms with E-state index in [9.17, 15) is 8.78 Å². The summed E-state index contributed by atoms with van der Waals surface area (Å²) in [6, 6.07) is 12.5. The van der Waals surface area contributed by atoms with E-state index in [1.807, 2.05) is 47.1 Å². The summed E-state index contributed by atoms with van der Waals surface area (Å²) in [5.74, 6) is 1.15. The Balaban J connectivity index is 1.17. The summed E-state index contributed by atoms with van der Waals surface area (Å²) in [5, 5.41) is 11.1. The van der Waals surface area contributed by atoms with E-state index in [0.29, 0.717) is 5.95 Å². The van der Waals surface area contributed by atoms with Gasteiger partial charge < -0.3 is 15.4 Å². The lowest BCUT2D eigenvalue weighted by Gasteiger charge is -2.15. The van der Waals surface area contributed by atoms with Crippen molar-refractivity contribution in [3.05, 3.63) is 61.2 Å². The van der Waals surface area contributed by atoms with Crippen molar-refractivity contribution in [2.75, 3.05) is 10.6 Å². The molecule has 0 bridgehead atoms. The number of hydrogen-bond donors (Lipinski definition) is 2. The molecule has 0 aromatic carbocycles. The molecule has 8 nitrogen and oxygen atoms in total. The van der Waals surface area contributed by atoms with Crippen LogP contribution in [-0.4, -0.2) is 43.3 Å². The highest BCUT2D eigenvalue weighted by Gasteiger charge is 2.25. The fraction of sp³-hybridized carbons (Fsp3) is 0.273. The summed E-state index contributed by atoms with van der Waals surface area (Å²) < 4.78 is 30.6. The van der Waals surface area contributed by atoms with E-state index in [0.717, 1.165) is 41.9 Å². The van der Waals surface area contributed by atoms with Crippen molar-refractivity contribution in [2.45, 2.75) is 38.0 Å². The largest absolute Gasteiger partial charge is 0.432 e. The number of halogens is 2. The van der Waals surface area contributed by atoms with Crippen LogP contribution in [0.3, 0.4) is 0 Å². The standard InChI is InChI=1S/C22H21F2N7O/c23-21(24)32-18-12-26-22(27-13-18)30-16-6-5-15(10-16)29-20-7-4-14(11-25-20)19-3-1-2-17-8-9-28-31(17)19/h1-4,7-9,11-13,15-16,21H,5-6,10H2,(H,25,29)(H,26,27,30)/t15-,16-/m0/s1. The van der Waals surface area contributed by atoms with E-state index in [1.54, 1.807) is 6.20 Å². The SMILES string of the molecule is FC(F)Oc1cnc(N[C@H]2CC[C@H](Nc3ccc(-c4cccc5ccnn45)cn3)C2)nc1. The number of hydrogen-bond acceptors (Lipinski definition) is 7. The zero-order valence-electron chi connectivity index (χ0n) is 17.0. The van der Waals surface area contributed by atoms with Crippen LogP contribution in [0, 0.1) is 0 Å². The molecule has 4 aromatic rings. The minimum atomic E-state index is -2.89. The van der Waals surface area contributed by atoms with E-state index >= 15 is 0 Å². The van der Waals surface area contributed by atoms with Crippen LogP contribution >= 0.6 is 0 Å². The summed E-state index contributed by atoms with van der Waals surface area (Å²) >= 11 is 0. The molecule has 0 unspecified atom stereocenters. The van der Waals surface area contributed by atoms with Gasteiger partial charge in [-0.3, -0.25) is 0 Å². The predicted molar refractivity (Wildman–Crippen MR) is 116 cm³/mol. The zero-order chi connectivity index (χ0) is 21.9. The maximum atomic E-state index is 12.2. The molecule has 32 heavy (non-hydrogen) atoms. The molecule has 0 saturated heterocycles. The van der Waals surface area contributed by atoms with Gasteiger partial charge in [0.1, 0.15) is 5.82 Å². The molecule has 164 valence electrons. The third-order valence-electron chi connectivity index (χ3n) is 5.45. The van der Waals surface area contributed by atoms with Crippen LogP contribution in [-0.2, 0) is 0 Å². The third-order valence-corrected chi connectivity index (χ3v) is 5.45. The Hall–Kier alpha value is -3.82. The monoisotopic (exact) mass is 437 g/mol. The van der Waals surface area contributed by atoms with Gasteiger partial charge in [-0.05, 0) is 49.6 Å². The first-order chi connectivity index (χ1) is 15.6. The van der Waals surface area contributed by atoms with Crippen LogP contribution in [0.15, 0.2) is 61.2 Å². The molecule has 10 heteroatoms. The van der Waals surface area contributed by atoms with Crippen LogP contribution in [0.5, 0.6) is 5.75 Å². The molecule has 1 aliphatic carbocycles. The Morgan fingerprint density at radius 1 is 0.938 bits per heavy atom. The number of pyridine rings is 2. The van der Waals surface area contributed by atoms with Crippen molar-refractivity contribution in [1.82, 2.24) is 24.6 Å². The van der Waals surface area contributed by atoms with Crippen LogP contribution in [0.1, 0.15) is 19.3 Å². The van der Waals surface area contributed by atoms with E-state index in [2.05, 4.69) is 35.4 Å². The van der Waals surface area contributed by atoms with Gasteiger partial charge in [-0.1, -0.05) is 6.07 Å². The van der Waals surface area contributed by atoms with E-state index in [-0.39, 0.29) is 17.8 Å². The predicted octanol–water partition coefficient (Wildman–Crippen LogP) is 4.23. The second kappa shape index (κ2) is 8.74. The summed E-state index contributed by atoms with van der Waals surface area (Å²) in [5.41, 5.74) is 3.02. The lowest BCUT2D eigenvalue weighted by molar-refractivity contribution is -0.0503. The number of alkyl halides is 2. The molecule has 2 atom stereocenters. The van der Waals surface area contributed by atoms with E-state index in [4.69, 9.17) is 0 Å². The minimum Gasteiger partial charge on any atom is -0.432 e. The summed E-state index contributed by atoms with van der Waals surface area (Å²) in [7, 11) is 0. The van der Waals surface area contributed by atoms with Gasteiger partial charge >= 0.3 is 6.61 Å². The molecule has 1 fully saturated rings. The number of nitrogens with one attached hydrogen (secondary N) is 2. The average molecular weight is 437 g/mol. The van der Waals surface area contributed by atoms with Crippen LogP contribution in [0.2, 0.25) is 0 Å². The normalized spacial score (nSPS) is 18.2. The van der Waals surface area contributed by atoms with Gasteiger partial charge in [0.2, 0.25) is 5.95 Å². The molecule has 0 amide bonds. The highest BCUT2D eigenvalue weighted by atomic mass is 19.3. The molecule has 0 aliphatic heterocycles. The van der Waals surface area contributed by atoms with Crippen molar-refractivity contribution < 1.29 is 13.5 Å². The number of nitrogens with zero attached hydrogens (tertiary/aromatic N) is 5. The number of rotatable bonds is 7. The van der Waals surface area contributed by atoms with Crippen molar-refractivity contribution >= 4 is 17.3 Å². The van der Waals surface area contributed by atoms with Gasteiger partial charge in [0.05, 0.1) is 29.8 Å². The first-order valence-corrected chi connectivity index (χ1v) is 10.3. The van der Waals surface area contributed by atoms with Gasteiger partial charge in [0.15, 0.2) is 5.75 Å². The van der Waals surface area contributed by atoms with E-state index in [1.165, 1.54) is 12.4 Å². The number of aromatic nitrogens is 5. The smallest absolute Gasteiger partial charge is 0.387 e. The molecule has 1 saturated carbocycles. The lowest BCUT2D eigenvalue weighted by Crippen LogP contribution is -2.22. The molecule has 1 aliphatic rings. The number of ether oxygens (including phenoxy) is 1. The van der Waals surface area contributed by atoms with Gasteiger partial charge in [-0.25, -0.2) is 19.5 Å². The molecule has 2 N–H and O–H groups in total. The summed E-state index contributed by atoms with van der Waals surface area (Å²) in [6.45, 7) is -2.89. The molecule has 5 rings (SSSR count). The first-order valence-electron chi connectivity index (χ1n) is 10.3. The Labute approximate surface area is 182 Å². The fourth-order valence-electron chi connectivity index (χ4n) is 3.99. The third kappa shape index (κ3) is 4.43. The second-order valence-electron chi connectivity index (χ2n) is 7.63. The molecule has 0 radical (unpaired) electrons. The molecule has 4 aromatic heterocycles. The zero-order valence-corrected chi connectivity index (χ0v) is 17.0. The quantitative estimate of drug-likeness (QED) is 0.447. The number of anilines is 2. The Morgan fingerprint density at radius 2 is 1.75 bits per heavy atom. The Kier molecular flexibility index (Phi) is 5.49. The van der Waals surface area contributed by atoms with Gasteiger partial charge in [-0.2, -0.15) is 13.9 Å². The minimum absolute atomic E-state index is 0.0603. The van der Waals surface area contributed by atoms with Crippen molar-refractivity contribution in [2.24, 2.45) is 0 Å². The average Bonchev–Trinajstić information content (AvgIpc) is 3.45. The summed E-state index contributed by atoms with van der Waals surface area (Å²) in [4.78, 5) is 12.7. The van der Waals surface area contributed by atoms with E-state index < -0.39 is 6.61 Å². The van der Waals surface area contributed by atoms with Gasteiger partial charge in [0, 0.05) is 23.8 Å². The second-order valence-corrected chi connectivity index (χ2v) is 7.63. The topological polar surface area (TPSA) is 89.3 Å². The maximum Gasteiger partial charge on any atom is 0.387 e. The highest BCUT2D eigenvalue weighted by Crippen LogP contribution is 2.26. The van der Waals surface area contributed by atoms with Crippen LogP contribution in [0.25, 0.3) is 16.8 Å². The fourth-order valence-corrected chi connectivity index (χ4v) is 3.99. The van der Waals surface area contributed by atoms with Crippen molar-refractivity contribution in [1.29, 1.82) is 0 Å². The van der Waals surface area contributed by atoms with Crippen LogP contribution < -0.4 is 15.4 Å². The van der Waals surface area contributed by atoms with Gasteiger partial charge in [-0.15, -0.1) is 0 Å². The molecule has 4 heterocycles. The first kappa shape index (κ1) is 20.1. The number of fused-ring (bicyclic) bond motifs is 1. The molecular formula is C22H21F2N7O. The Bertz CT molecular complexity index is 1180.